The molecule has 0 saturated carbocycles. The van der Waals surface area contributed by atoms with Gasteiger partial charge in [0, 0.05) is 25.2 Å². The number of ether oxygens (including phenoxy) is 1. The van der Waals surface area contributed by atoms with E-state index in [9.17, 15) is 10.1 Å². The van der Waals surface area contributed by atoms with Crippen LogP contribution in [0.15, 0.2) is 66.7 Å². The van der Waals surface area contributed by atoms with Gasteiger partial charge >= 0.3 is 0 Å². The van der Waals surface area contributed by atoms with Gasteiger partial charge in [0.05, 0.1) is 35.5 Å². The number of nitriles is 1. The normalized spacial score (nSPS) is 14.8. The lowest BCUT2D eigenvalue weighted by molar-refractivity contribution is 0.0342. The van der Waals surface area contributed by atoms with Gasteiger partial charge in [0.15, 0.2) is 0 Å². The first-order valence-corrected chi connectivity index (χ1v) is 10.1. The minimum atomic E-state index is -0.0826. The maximum Gasteiger partial charge on any atom is 0.209 e. The van der Waals surface area contributed by atoms with Crippen molar-refractivity contribution in [1.29, 1.82) is 5.26 Å². The van der Waals surface area contributed by atoms with Crippen molar-refractivity contribution in [1.82, 2.24) is 9.30 Å². The van der Waals surface area contributed by atoms with Crippen LogP contribution in [0.25, 0.3) is 16.4 Å². The highest BCUT2D eigenvalue weighted by Crippen LogP contribution is 2.25. The third-order valence-electron chi connectivity index (χ3n) is 5.72. The second-order valence-electron chi connectivity index (χ2n) is 7.58. The molecule has 5 rings (SSSR count). The number of pyridine rings is 1. The van der Waals surface area contributed by atoms with Crippen LogP contribution < -0.4 is 0 Å². The Morgan fingerprint density at radius 3 is 2.50 bits per heavy atom. The van der Waals surface area contributed by atoms with E-state index in [-0.39, 0.29) is 5.78 Å². The zero-order valence-electron chi connectivity index (χ0n) is 16.5. The molecule has 1 saturated heterocycles. The van der Waals surface area contributed by atoms with Crippen molar-refractivity contribution >= 4 is 22.2 Å². The van der Waals surface area contributed by atoms with Crippen LogP contribution in [0.1, 0.15) is 27.2 Å². The molecule has 0 bridgehead atoms. The number of nitrogens with zero attached hydrogens (tertiary/aromatic N) is 3. The molecule has 0 atom stereocenters. The predicted octanol–water partition coefficient (Wildman–Crippen LogP) is 4.03. The number of hydrogen-bond acceptors (Lipinski definition) is 4. The van der Waals surface area contributed by atoms with E-state index in [0.717, 1.165) is 49.3 Å². The van der Waals surface area contributed by atoms with Crippen LogP contribution in [0, 0.1) is 11.3 Å². The third kappa shape index (κ3) is 3.26. The van der Waals surface area contributed by atoms with E-state index in [4.69, 9.17) is 4.74 Å². The number of benzene rings is 2. The van der Waals surface area contributed by atoms with Crippen LogP contribution >= 0.6 is 0 Å². The number of hydrogen-bond donors (Lipinski definition) is 0. The van der Waals surface area contributed by atoms with Gasteiger partial charge in [-0.05, 0) is 29.1 Å². The first kappa shape index (κ1) is 18.6. The summed E-state index contributed by atoms with van der Waals surface area (Å²) in [6.07, 6.45) is 0. The molecule has 5 nitrogen and oxygen atoms in total. The Labute approximate surface area is 174 Å². The summed E-state index contributed by atoms with van der Waals surface area (Å²) >= 11 is 0. The lowest BCUT2D eigenvalue weighted by Gasteiger charge is -2.26. The number of morpholine rings is 1. The molecular weight excluding hydrogens is 374 g/mol. The zero-order valence-corrected chi connectivity index (χ0v) is 16.5. The lowest BCUT2D eigenvalue weighted by atomic mass is 10.1. The van der Waals surface area contributed by atoms with Gasteiger partial charge in [-0.2, -0.15) is 5.26 Å². The first-order valence-electron chi connectivity index (χ1n) is 10.1. The Hall–Kier alpha value is -3.46. The van der Waals surface area contributed by atoms with Crippen LogP contribution in [-0.4, -0.2) is 41.4 Å². The van der Waals surface area contributed by atoms with E-state index in [1.165, 1.54) is 5.56 Å². The summed E-state index contributed by atoms with van der Waals surface area (Å²) in [6, 6.07) is 23.5. The van der Waals surface area contributed by atoms with Gasteiger partial charge in [-0.25, -0.2) is 0 Å². The number of carbonyl (C=O) groups is 1. The monoisotopic (exact) mass is 395 g/mol. The van der Waals surface area contributed by atoms with Gasteiger partial charge in [0.1, 0.15) is 6.07 Å². The van der Waals surface area contributed by atoms with Gasteiger partial charge in [0.25, 0.3) is 0 Å². The summed E-state index contributed by atoms with van der Waals surface area (Å²) in [5.74, 6) is -0.0826. The molecular formula is C25H21N3O2. The van der Waals surface area contributed by atoms with Crippen LogP contribution in [0.2, 0.25) is 0 Å². The van der Waals surface area contributed by atoms with Gasteiger partial charge in [-0.15, -0.1) is 0 Å². The number of rotatable bonds is 4. The smallest absolute Gasteiger partial charge is 0.209 e. The summed E-state index contributed by atoms with van der Waals surface area (Å²) in [5, 5.41) is 10.6. The van der Waals surface area contributed by atoms with Crippen molar-refractivity contribution in [3.8, 4) is 6.07 Å². The molecule has 0 N–H and O–H groups in total. The van der Waals surface area contributed by atoms with Crippen LogP contribution in [0.3, 0.4) is 0 Å². The highest BCUT2D eigenvalue weighted by atomic mass is 16.5. The van der Waals surface area contributed by atoms with Gasteiger partial charge in [-0.1, -0.05) is 48.5 Å². The number of para-hydroxylation sites is 1. The molecule has 0 spiro atoms. The second-order valence-corrected chi connectivity index (χ2v) is 7.58. The maximum atomic E-state index is 13.4. The molecule has 0 amide bonds. The van der Waals surface area contributed by atoms with Crippen LogP contribution in [0.4, 0.5) is 0 Å². The Balaban J connectivity index is 1.51. The SMILES string of the molecule is N#Cc1cc(C(=O)c2ccc(CN3CCOCC3)cc2)n2c1ccc1ccccc12. The van der Waals surface area contributed by atoms with E-state index in [0.29, 0.717) is 16.8 Å². The third-order valence-corrected chi connectivity index (χ3v) is 5.72. The van der Waals surface area contributed by atoms with Crippen molar-refractivity contribution in [3.05, 3.63) is 89.1 Å². The molecule has 2 aromatic carbocycles. The van der Waals surface area contributed by atoms with E-state index in [1.807, 2.05) is 65.1 Å². The summed E-state index contributed by atoms with van der Waals surface area (Å²) < 4.78 is 7.30. The summed E-state index contributed by atoms with van der Waals surface area (Å²) in [6.45, 7) is 4.26. The van der Waals surface area contributed by atoms with Crippen molar-refractivity contribution in [2.45, 2.75) is 6.54 Å². The summed E-state index contributed by atoms with van der Waals surface area (Å²) in [7, 11) is 0. The molecule has 2 aromatic heterocycles. The molecule has 1 aliphatic rings. The predicted molar refractivity (Wildman–Crippen MR) is 116 cm³/mol. The lowest BCUT2D eigenvalue weighted by Crippen LogP contribution is -2.35. The number of aromatic nitrogens is 1. The maximum absolute atomic E-state index is 13.4. The molecule has 30 heavy (non-hydrogen) atoms. The quantitative estimate of drug-likeness (QED) is 0.490. The topological polar surface area (TPSA) is 57.7 Å². The van der Waals surface area contributed by atoms with E-state index < -0.39 is 0 Å². The number of ketones is 1. The fourth-order valence-electron chi connectivity index (χ4n) is 4.13. The fourth-order valence-corrected chi connectivity index (χ4v) is 4.13. The number of carbonyl (C=O) groups excluding carboxylic acids is 1. The molecule has 1 aliphatic heterocycles. The van der Waals surface area contributed by atoms with Crippen molar-refractivity contribution in [2.24, 2.45) is 0 Å². The Kier molecular flexibility index (Phi) is 4.80. The first-order chi connectivity index (χ1) is 14.7. The molecule has 0 radical (unpaired) electrons. The Morgan fingerprint density at radius 2 is 1.73 bits per heavy atom. The average Bonchev–Trinajstić information content (AvgIpc) is 3.19. The van der Waals surface area contributed by atoms with Crippen molar-refractivity contribution in [2.75, 3.05) is 26.3 Å². The van der Waals surface area contributed by atoms with Gasteiger partial charge in [-0.3, -0.25) is 9.69 Å². The highest BCUT2D eigenvalue weighted by molar-refractivity contribution is 6.10. The Bertz CT molecular complexity index is 1280. The fraction of sp³-hybridized carbons (Fsp3) is 0.200. The largest absolute Gasteiger partial charge is 0.379 e. The molecule has 4 aromatic rings. The van der Waals surface area contributed by atoms with Crippen LogP contribution in [0.5, 0.6) is 0 Å². The van der Waals surface area contributed by atoms with Gasteiger partial charge in [0.2, 0.25) is 5.78 Å². The second kappa shape index (κ2) is 7.75. The number of fused-ring (bicyclic) bond motifs is 3. The molecule has 5 heteroatoms. The molecule has 0 unspecified atom stereocenters. The van der Waals surface area contributed by atoms with Gasteiger partial charge < -0.3 is 9.14 Å². The van der Waals surface area contributed by atoms with Crippen molar-refractivity contribution in [3.63, 3.8) is 0 Å². The van der Waals surface area contributed by atoms with E-state index in [2.05, 4.69) is 11.0 Å². The Morgan fingerprint density at radius 1 is 0.967 bits per heavy atom. The zero-order chi connectivity index (χ0) is 20.5. The minimum Gasteiger partial charge on any atom is -0.379 e. The van der Waals surface area contributed by atoms with Crippen LogP contribution in [-0.2, 0) is 11.3 Å². The van der Waals surface area contributed by atoms with E-state index >= 15 is 0 Å². The highest BCUT2D eigenvalue weighted by Gasteiger charge is 2.19. The molecule has 0 aliphatic carbocycles. The van der Waals surface area contributed by atoms with E-state index in [1.54, 1.807) is 6.07 Å². The molecule has 148 valence electrons. The molecule has 1 fully saturated rings. The molecule has 3 heterocycles. The summed E-state index contributed by atoms with van der Waals surface area (Å²) in [4.78, 5) is 15.7. The minimum absolute atomic E-state index is 0.0826. The summed E-state index contributed by atoms with van der Waals surface area (Å²) in [5.41, 5.74) is 4.49. The standard InChI is InChI=1S/C25H21N3O2/c26-16-21-15-24(28-22-4-2-1-3-19(22)9-10-23(21)28)25(29)20-7-5-18(6-8-20)17-27-11-13-30-14-12-27/h1-10,15H,11-14,17H2. The average molecular weight is 395 g/mol. The van der Waals surface area contributed by atoms with Crippen molar-refractivity contribution < 1.29 is 9.53 Å².